The third-order valence-corrected chi connectivity index (χ3v) is 6.90. The number of carbonyl (C=O) groups excluding carboxylic acids is 1. The van der Waals surface area contributed by atoms with Crippen LogP contribution in [0.5, 0.6) is 0 Å². The molecule has 0 bridgehead atoms. The van der Waals surface area contributed by atoms with Crippen LogP contribution in [0.25, 0.3) is 0 Å². The van der Waals surface area contributed by atoms with Gasteiger partial charge in [0.1, 0.15) is 0 Å². The minimum atomic E-state index is 0.110. The fraction of sp³-hybridized carbons (Fsp3) is 0.632. The van der Waals surface area contributed by atoms with Gasteiger partial charge in [-0.05, 0) is 12.8 Å². The van der Waals surface area contributed by atoms with E-state index in [4.69, 9.17) is 0 Å². The molecule has 2 atom stereocenters. The molecule has 3 heterocycles. The fourth-order valence-corrected chi connectivity index (χ4v) is 5.43. The Labute approximate surface area is 158 Å². The molecule has 1 aliphatic heterocycles. The van der Waals surface area contributed by atoms with Crippen molar-refractivity contribution in [1.82, 2.24) is 25.0 Å². The quantitative estimate of drug-likeness (QED) is 0.846. The maximum atomic E-state index is 12.2. The van der Waals surface area contributed by atoms with Gasteiger partial charge in [0.25, 0.3) is 0 Å². The zero-order chi connectivity index (χ0) is 18.1. The second kappa shape index (κ2) is 7.48. The van der Waals surface area contributed by atoms with E-state index in [1.54, 1.807) is 4.68 Å². The monoisotopic (exact) mass is 373 g/mol. The molecule has 0 aromatic carbocycles. The van der Waals surface area contributed by atoms with Crippen molar-refractivity contribution in [2.45, 2.75) is 50.6 Å². The van der Waals surface area contributed by atoms with Crippen molar-refractivity contribution in [3.63, 3.8) is 0 Å². The second-order valence-electron chi connectivity index (χ2n) is 7.64. The highest BCUT2D eigenvalue weighted by Gasteiger charge is 2.38. The summed E-state index contributed by atoms with van der Waals surface area (Å²) >= 11 is 1.85. The van der Waals surface area contributed by atoms with Crippen molar-refractivity contribution in [1.29, 1.82) is 0 Å². The van der Waals surface area contributed by atoms with Gasteiger partial charge in [-0.25, -0.2) is 4.98 Å². The Morgan fingerprint density at radius 2 is 2.08 bits per heavy atom. The molecule has 4 rings (SSSR count). The van der Waals surface area contributed by atoms with Gasteiger partial charge in [0, 0.05) is 68.3 Å². The summed E-state index contributed by atoms with van der Waals surface area (Å²) in [7, 11) is 3.82. The van der Waals surface area contributed by atoms with Crippen molar-refractivity contribution >= 4 is 17.2 Å². The molecule has 1 saturated heterocycles. The largest absolute Gasteiger partial charge is 0.338 e. The summed E-state index contributed by atoms with van der Waals surface area (Å²) in [5.41, 5.74) is 1.12. The molecule has 0 unspecified atom stereocenters. The molecular formula is C19H27N5OS. The highest BCUT2D eigenvalue weighted by Crippen LogP contribution is 2.37. The van der Waals surface area contributed by atoms with Crippen molar-refractivity contribution in [2.24, 2.45) is 13.0 Å². The van der Waals surface area contributed by atoms with Crippen LogP contribution in [0, 0.1) is 5.92 Å². The first-order valence-electron chi connectivity index (χ1n) is 9.51. The Hall–Kier alpha value is -1.73. The van der Waals surface area contributed by atoms with E-state index in [1.807, 2.05) is 48.9 Å². The van der Waals surface area contributed by atoms with Crippen LogP contribution in [0.15, 0.2) is 18.6 Å². The summed E-state index contributed by atoms with van der Waals surface area (Å²) in [6.07, 6.45) is 11.8. The molecule has 1 amide bonds. The van der Waals surface area contributed by atoms with E-state index in [0.29, 0.717) is 12.3 Å². The Morgan fingerprint density at radius 1 is 1.27 bits per heavy atom. The number of aromatic nitrogens is 3. The molecular weight excluding hydrogens is 346 g/mol. The molecule has 1 aliphatic carbocycles. The maximum Gasteiger partial charge on any atom is 0.223 e. The van der Waals surface area contributed by atoms with Gasteiger partial charge in [-0.1, -0.05) is 12.8 Å². The highest BCUT2D eigenvalue weighted by atomic mass is 32.1. The lowest BCUT2D eigenvalue weighted by molar-refractivity contribution is -0.127. The number of carbonyl (C=O) groups is 1. The van der Waals surface area contributed by atoms with Gasteiger partial charge in [0.15, 0.2) is 0 Å². The third-order valence-electron chi connectivity index (χ3n) is 5.74. The summed E-state index contributed by atoms with van der Waals surface area (Å²) < 4.78 is 1.80. The first-order chi connectivity index (χ1) is 12.6. The number of nitrogens with one attached hydrogen (secondary N) is 1. The summed E-state index contributed by atoms with van der Waals surface area (Å²) in [5, 5.41) is 9.14. The molecule has 7 heteroatoms. The topological polar surface area (TPSA) is 63.1 Å². The smallest absolute Gasteiger partial charge is 0.223 e. The van der Waals surface area contributed by atoms with E-state index in [2.05, 4.69) is 15.4 Å². The normalized spacial score (nSPS) is 24.1. The van der Waals surface area contributed by atoms with Crippen LogP contribution < -0.4 is 5.32 Å². The van der Waals surface area contributed by atoms with Crippen LogP contribution in [0.4, 0.5) is 0 Å². The lowest BCUT2D eigenvalue weighted by Crippen LogP contribution is -2.28. The summed E-state index contributed by atoms with van der Waals surface area (Å²) in [4.78, 5) is 20.0. The van der Waals surface area contributed by atoms with Crippen LogP contribution in [0.1, 0.15) is 59.5 Å². The second-order valence-corrected chi connectivity index (χ2v) is 8.78. The third kappa shape index (κ3) is 3.55. The van der Waals surface area contributed by atoms with Crippen molar-refractivity contribution in [2.75, 3.05) is 13.6 Å². The molecule has 2 aliphatic rings. The van der Waals surface area contributed by atoms with Gasteiger partial charge in [0.2, 0.25) is 5.91 Å². The summed E-state index contributed by atoms with van der Waals surface area (Å²) in [6.45, 7) is 1.66. The first-order valence-corrected chi connectivity index (χ1v) is 10.3. The molecule has 2 aromatic heterocycles. The predicted octanol–water partition coefficient (Wildman–Crippen LogP) is 2.84. The zero-order valence-corrected chi connectivity index (χ0v) is 16.3. The average Bonchev–Trinajstić information content (AvgIpc) is 3.37. The van der Waals surface area contributed by atoms with Crippen molar-refractivity contribution in [3.05, 3.63) is 34.0 Å². The lowest BCUT2D eigenvalue weighted by Gasteiger charge is -2.24. The highest BCUT2D eigenvalue weighted by molar-refractivity contribution is 7.11. The minimum Gasteiger partial charge on any atom is -0.338 e. The van der Waals surface area contributed by atoms with Gasteiger partial charge < -0.3 is 10.2 Å². The van der Waals surface area contributed by atoms with Gasteiger partial charge in [0.05, 0.1) is 17.2 Å². The molecule has 26 heavy (non-hydrogen) atoms. The summed E-state index contributed by atoms with van der Waals surface area (Å²) in [5.74, 6) is 1.18. The van der Waals surface area contributed by atoms with E-state index >= 15 is 0 Å². The predicted molar refractivity (Wildman–Crippen MR) is 102 cm³/mol. The number of hydrogen-bond acceptors (Lipinski definition) is 5. The molecule has 1 saturated carbocycles. The van der Waals surface area contributed by atoms with Gasteiger partial charge in [-0.15, -0.1) is 11.3 Å². The number of likely N-dealkylation sites (tertiary alicyclic amines) is 1. The van der Waals surface area contributed by atoms with Crippen molar-refractivity contribution in [3.8, 4) is 0 Å². The Balaban J connectivity index is 1.35. The van der Waals surface area contributed by atoms with Crippen LogP contribution in [-0.4, -0.2) is 39.2 Å². The van der Waals surface area contributed by atoms with E-state index in [0.717, 1.165) is 18.7 Å². The van der Waals surface area contributed by atoms with Crippen LogP contribution >= 0.6 is 11.3 Å². The standard InChI is InChI=1S/C19H27N5OS/c1-23-12-15(9-22-23)18-14(7-17(25)24(18)2)8-20-10-16-11-21-19(26-16)13-5-3-4-6-13/h9,11-14,18,20H,3-8,10H2,1-2H3/t14-,18+/m0/s1. The van der Waals surface area contributed by atoms with E-state index < -0.39 is 0 Å². The van der Waals surface area contributed by atoms with E-state index in [-0.39, 0.29) is 17.9 Å². The number of thiazole rings is 1. The number of aryl methyl sites for hydroxylation is 1. The molecule has 6 nitrogen and oxygen atoms in total. The van der Waals surface area contributed by atoms with Gasteiger partial charge >= 0.3 is 0 Å². The Kier molecular flexibility index (Phi) is 5.09. The van der Waals surface area contributed by atoms with Gasteiger partial charge in [-0.3, -0.25) is 9.48 Å². The Morgan fingerprint density at radius 3 is 2.81 bits per heavy atom. The molecule has 1 N–H and O–H groups in total. The average molecular weight is 374 g/mol. The Bertz CT molecular complexity index is 764. The first kappa shape index (κ1) is 17.7. The number of rotatable bonds is 6. The van der Waals surface area contributed by atoms with E-state index in [9.17, 15) is 4.79 Å². The van der Waals surface area contributed by atoms with Crippen LogP contribution in [-0.2, 0) is 18.4 Å². The molecule has 2 fully saturated rings. The fourth-order valence-electron chi connectivity index (χ4n) is 4.37. The lowest BCUT2D eigenvalue weighted by atomic mass is 9.96. The van der Waals surface area contributed by atoms with Crippen molar-refractivity contribution < 1.29 is 4.79 Å². The maximum absolute atomic E-state index is 12.2. The minimum absolute atomic E-state index is 0.110. The SMILES string of the molecule is CN1C(=O)C[C@@H](CNCc2cnc(C3CCCC3)s2)[C@@H]1c1cnn(C)c1. The molecule has 0 radical (unpaired) electrons. The zero-order valence-electron chi connectivity index (χ0n) is 15.5. The van der Waals surface area contributed by atoms with Gasteiger partial charge in [-0.2, -0.15) is 5.10 Å². The van der Waals surface area contributed by atoms with E-state index in [1.165, 1.54) is 35.6 Å². The molecule has 0 spiro atoms. The number of nitrogens with zero attached hydrogens (tertiary/aromatic N) is 4. The summed E-state index contributed by atoms with van der Waals surface area (Å²) in [6, 6.07) is 0.110. The van der Waals surface area contributed by atoms with Crippen LogP contribution in [0.3, 0.4) is 0 Å². The molecule has 2 aromatic rings. The van der Waals surface area contributed by atoms with Crippen LogP contribution in [0.2, 0.25) is 0 Å². The molecule has 140 valence electrons. The number of hydrogen-bond donors (Lipinski definition) is 1. The number of amides is 1.